The van der Waals surface area contributed by atoms with Gasteiger partial charge in [-0.3, -0.25) is 9.69 Å². The lowest BCUT2D eigenvalue weighted by Gasteiger charge is -2.43. The number of hydrogen-bond donors (Lipinski definition) is 1. The minimum atomic E-state index is -1.05. The zero-order valence-corrected chi connectivity index (χ0v) is 15.7. The molecule has 2 amide bonds. The molecule has 0 radical (unpaired) electrons. The van der Waals surface area contributed by atoms with Gasteiger partial charge in [0, 0.05) is 19.5 Å². The maximum Gasteiger partial charge on any atom is 0.408 e. The molecule has 146 valence electrons. The van der Waals surface area contributed by atoms with Crippen LogP contribution >= 0.6 is 0 Å². The Balaban J connectivity index is 1.71. The van der Waals surface area contributed by atoms with Gasteiger partial charge in [0.1, 0.15) is 6.04 Å². The van der Waals surface area contributed by atoms with E-state index in [9.17, 15) is 14.7 Å². The minimum Gasteiger partial charge on any atom is -0.465 e. The van der Waals surface area contributed by atoms with Crippen LogP contribution in [0.25, 0.3) is 0 Å². The fourth-order valence-electron chi connectivity index (χ4n) is 4.23. The number of nitrogens with zero attached hydrogens (tertiary/aromatic N) is 2. The van der Waals surface area contributed by atoms with Gasteiger partial charge in [-0.1, -0.05) is 54.6 Å². The summed E-state index contributed by atoms with van der Waals surface area (Å²) >= 11 is 0. The number of ether oxygens (including phenoxy) is 1. The summed E-state index contributed by atoms with van der Waals surface area (Å²) in [5.74, 6) is -0.127. The maximum atomic E-state index is 13.2. The highest BCUT2D eigenvalue weighted by Gasteiger charge is 2.42. The highest BCUT2D eigenvalue weighted by atomic mass is 16.5. The number of fused-ring (bicyclic) bond motifs is 1. The van der Waals surface area contributed by atoms with Crippen LogP contribution in [0, 0.1) is 0 Å². The highest BCUT2D eigenvalue weighted by Crippen LogP contribution is 2.36. The van der Waals surface area contributed by atoms with Gasteiger partial charge >= 0.3 is 6.09 Å². The molecule has 2 aliphatic heterocycles. The molecular weight excluding hydrogens is 356 g/mol. The summed E-state index contributed by atoms with van der Waals surface area (Å²) in [6, 6.07) is 16.6. The molecule has 28 heavy (non-hydrogen) atoms. The van der Waals surface area contributed by atoms with E-state index < -0.39 is 12.1 Å². The average Bonchev–Trinajstić information content (AvgIpc) is 2.74. The molecule has 0 spiro atoms. The fraction of sp³-hybridized carbons (Fsp3) is 0.364. The third-order valence-corrected chi connectivity index (χ3v) is 5.60. The van der Waals surface area contributed by atoms with Gasteiger partial charge in [0.2, 0.25) is 5.91 Å². The van der Waals surface area contributed by atoms with Gasteiger partial charge < -0.3 is 14.7 Å². The number of amides is 2. The molecule has 2 aromatic carbocycles. The van der Waals surface area contributed by atoms with Crippen LogP contribution < -0.4 is 0 Å². The van der Waals surface area contributed by atoms with Crippen LogP contribution in [0.2, 0.25) is 0 Å². The number of carboxylic acid groups (broad SMARTS) is 1. The first-order valence-electron chi connectivity index (χ1n) is 9.64. The van der Waals surface area contributed by atoms with Gasteiger partial charge in [-0.05, 0) is 23.1 Å². The third-order valence-electron chi connectivity index (χ3n) is 5.60. The SMILES string of the molecule is O=C([C@@H]1Cc2ccccc2C(Cc2ccccc2)N1C(=O)O)N1CCOCC1. The van der Waals surface area contributed by atoms with Crippen molar-refractivity contribution in [3.8, 4) is 0 Å². The quantitative estimate of drug-likeness (QED) is 0.889. The van der Waals surface area contributed by atoms with E-state index in [1.165, 1.54) is 4.90 Å². The lowest BCUT2D eigenvalue weighted by molar-refractivity contribution is -0.141. The van der Waals surface area contributed by atoms with E-state index in [-0.39, 0.29) is 11.9 Å². The van der Waals surface area contributed by atoms with Crippen LogP contribution in [-0.2, 0) is 22.4 Å². The average molecular weight is 380 g/mol. The van der Waals surface area contributed by atoms with E-state index in [4.69, 9.17) is 4.74 Å². The molecule has 1 unspecified atom stereocenters. The summed E-state index contributed by atoms with van der Waals surface area (Å²) in [5, 5.41) is 10.1. The van der Waals surface area contributed by atoms with Crippen molar-refractivity contribution < 1.29 is 19.4 Å². The molecule has 6 nitrogen and oxygen atoms in total. The molecule has 0 aromatic heterocycles. The van der Waals surface area contributed by atoms with Crippen LogP contribution in [0.4, 0.5) is 4.79 Å². The highest BCUT2D eigenvalue weighted by molar-refractivity contribution is 5.86. The molecule has 0 bridgehead atoms. The van der Waals surface area contributed by atoms with Gasteiger partial charge in [0.05, 0.1) is 19.3 Å². The van der Waals surface area contributed by atoms with Crippen LogP contribution in [-0.4, -0.2) is 59.3 Å². The second-order valence-electron chi connectivity index (χ2n) is 7.25. The molecule has 2 atom stereocenters. The van der Waals surface area contributed by atoms with Crippen LogP contribution in [0.1, 0.15) is 22.7 Å². The lowest BCUT2D eigenvalue weighted by atomic mass is 9.85. The number of carbonyl (C=O) groups is 2. The first kappa shape index (κ1) is 18.5. The predicted octanol–water partition coefficient (Wildman–Crippen LogP) is 2.73. The van der Waals surface area contributed by atoms with E-state index in [0.717, 1.165) is 16.7 Å². The van der Waals surface area contributed by atoms with Crippen molar-refractivity contribution in [3.05, 3.63) is 71.3 Å². The molecule has 2 heterocycles. The molecule has 1 fully saturated rings. The van der Waals surface area contributed by atoms with Gasteiger partial charge in [-0.15, -0.1) is 0 Å². The van der Waals surface area contributed by atoms with E-state index >= 15 is 0 Å². The molecule has 1 saturated heterocycles. The van der Waals surface area contributed by atoms with Gasteiger partial charge in [-0.2, -0.15) is 0 Å². The molecule has 2 aromatic rings. The summed E-state index contributed by atoms with van der Waals surface area (Å²) in [6.45, 7) is 2.01. The minimum absolute atomic E-state index is 0.127. The second-order valence-corrected chi connectivity index (χ2v) is 7.25. The molecule has 1 N–H and O–H groups in total. The van der Waals surface area contributed by atoms with E-state index in [1.54, 1.807) is 4.90 Å². The Morgan fingerprint density at radius 3 is 2.39 bits per heavy atom. The van der Waals surface area contributed by atoms with Gasteiger partial charge in [-0.25, -0.2) is 4.79 Å². The first-order valence-corrected chi connectivity index (χ1v) is 9.64. The zero-order valence-electron chi connectivity index (χ0n) is 15.7. The van der Waals surface area contributed by atoms with E-state index in [2.05, 4.69) is 0 Å². The Bertz CT molecular complexity index is 849. The first-order chi connectivity index (χ1) is 13.6. The predicted molar refractivity (Wildman–Crippen MR) is 104 cm³/mol. The Morgan fingerprint density at radius 1 is 1.00 bits per heavy atom. The lowest BCUT2D eigenvalue weighted by Crippen LogP contribution is -2.57. The van der Waals surface area contributed by atoms with Crippen LogP contribution in [0.5, 0.6) is 0 Å². The molecule has 4 rings (SSSR count). The third kappa shape index (κ3) is 3.60. The van der Waals surface area contributed by atoms with E-state index in [0.29, 0.717) is 39.1 Å². The number of carbonyl (C=O) groups excluding carboxylic acids is 1. The van der Waals surface area contributed by atoms with Crippen molar-refractivity contribution >= 4 is 12.0 Å². The Labute approximate surface area is 164 Å². The summed E-state index contributed by atoms with van der Waals surface area (Å²) < 4.78 is 5.34. The molecule has 0 aliphatic carbocycles. The number of morpholine rings is 1. The largest absolute Gasteiger partial charge is 0.465 e. The smallest absolute Gasteiger partial charge is 0.408 e. The molecular formula is C22H24N2O4. The second kappa shape index (κ2) is 8.02. The molecule has 0 saturated carbocycles. The topological polar surface area (TPSA) is 70.1 Å². The standard InChI is InChI=1S/C22H24N2O4/c25-21(23-10-12-28-13-11-23)20-15-17-8-4-5-9-18(17)19(24(20)22(26)27)14-16-6-2-1-3-7-16/h1-9,19-20H,10-15H2,(H,26,27)/t19?,20-/m0/s1. The Morgan fingerprint density at radius 2 is 1.68 bits per heavy atom. The molecule has 2 aliphatic rings. The summed E-state index contributed by atoms with van der Waals surface area (Å²) in [7, 11) is 0. The summed E-state index contributed by atoms with van der Waals surface area (Å²) in [4.78, 5) is 28.6. The summed E-state index contributed by atoms with van der Waals surface area (Å²) in [5.41, 5.74) is 3.08. The zero-order chi connectivity index (χ0) is 19.5. The van der Waals surface area contributed by atoms with Crippen molar-refractivity contribution in [1.29, 1.82) is 0 Å². The van der Waals surface area contributed by atoms with Crippen molar-refractivity contribution in [2.75, 3.05) is 26.3 Å². The summed E-state index contributed by atoms with van der Waals surface area (Å²) in [6.07, 6.45) is -0.108. The van der Waals surface area contributed by atoms with Gasteiger partial charge in [0.25, 0.3) is 0 Å². The van der Waals surface area contributed by atoms with Crippen molar-refractivity contribution in [1.82, 2.24) is 9.80 Å². The van der Waals surface area contributed by atoms with Crippen molar-refractivity contribution in [3.63, 3.8) is 0 Å². The number of benzene rings is 2. The normalized spacial score (nSPS) is 21.9. The van der Waals surface area contributed by atoms with Crippen molar-refractivity contribution in [2.45, 2.75) is 24.9 Å². The van der Waals surface area contributed by atoms with E-state index in [1.807, 2.05) is 54.6 Å². The van der Waals surface area contributed by atoms with Crippen LogP contribution in [0.15, 0.2) is 54.6 Å². The number of rotatable bonds is 3. The maximum absolute atomic E-state index is 13.2. The van der Waals surface area contributed by atoms with Crippen LogP contribution in [0.3, 0.4) is 0 Å². The Hall–Kier alpha value is -2.86. The Kier molecular flexibility index (Phi) is 5.30. The monoisotopic (exact) mass is 380 g/mol. The van der Waals surface area contributed by atoms with Gasteiger partial charge in [0.15, 0.2) is 0 Å². The number of hydrogen-bond acceptors (Lipinski definition) is 3. The van der Waals surface area contributed by atoms with Crippen molar-refractivity contribution in [2.24, 2.45) is 0 Å². The molecule has 6 heteroatoms. The fourth-order valence-corrected chi connectivity index (χ4v) is 4.23.